The predicted molar refractivity (Wildman–Crippen MR) is 111 cm³/mol. The first-order valence-corrected chi connectivity index (χ1v) is 10.5. The second kappa shape index (κ2) is 7.73. The van der Waals surface area contributed by atoms with E-state index in [1.54, 1.807) is 6.07 Å². The molecular formula is C24H27F3N2O. The minimum Gasteiger partial charge on any atom is -0.311 e. The van der Waals surface area contributed by atoms with Crippen LogP contribution in [0.15, 0.2) is 48.5 Å². The third-order valence-corrected chi connectivity index (χ3v) is 6.46. The van der Waals surface area contributed by atoms with Crippen molar-refractivity contribution in [3.05, 3.63) is 65.2 Å². The van der Waals surface area contributed by atoms with Crippen LogP contribution in [0, 0.1) is 5.92 Å². The van der Waals surface area contributed by atoms with Crippen LogP contribution < -0.4 is 4.90 Å². The van der Waals surface area contributed by atoms with Gasteiger partial charge in [0.1, 0.15) is 0 Å². The number of rotatable bonds is 3. The molecule has 30 heavy (non-hydrogen) atoms. The number of benzene rings is 2. The number of carbonyl (C=O) groups excluding carboxylic acids is 1. The first-order valence-electron chi connectivity index (χ1n) is 10.5. The molecule has 2 heterocycles. The van der Waals surface area contributed by atoms with E-state index in [1.807, 2.05) is 36.9 Å². The van der Waals surface area contributed by atoms with Gasteiger partial charge in [-0.25, -0.2) is 0 Å². The zero-order valence-corrected chi connectivity index (χ0v) is 17.4. The largest absolute Gasteiger partial charge is 0.416 e. The Morgan fingerprint density at radius 2 is 1.77 bits per heavy atom. The van der Waals surface area contributed by atoms with E-state index in [9.17, 15) is 18.0 Å². The maximum absolute atomic E-state index is 13.0. The number of hydrogen-bond acceptors (Lipinski definition) is 2. The molecule has 1 saturated heterocycles. The van der Waals surface area contributed by atoms with Gasteiger partial charge in [-0.2, -0.15) is 13.2 Å². The van der Waals surface area contributed by atoms with Crippen LogP contribution in [0.2, 0.25) is 0 Å². The van der Waals surface area contributed by atoms with Crippen LogP contribution in [-0.2, 0) is 22.9 Å². The average molecular weight is 416 g/mol. The summed E-state index contributed by atoms with van der Waals surface area (Å²) in [7, 11) is 0. The van der Waals surface area contributed by atoms with Crippen molar-refractivity contribution >= 4 is 11.6 Å². The molecule has 3 nitrogen and oxygen atoms in total. The molecule has 4 rings (SSSR count). The van der Waals surface area contributed by atoms with Gasteiger partial charge in [0.05, 0.1) is 5.56 Å². The zero-order chi connectivity index (χ0) is 21.5. The molecule has 0 aliphatic carbocycles. The van der Waals surface area contributed by atoms with Gasteiger partial charge in [0.15, 0.2) is 0 Å². The first-order chi connectivity index (χ1) is 14.2. The predicted octanol–water partition coefficient (Wildman–Crippen LogP) is 5.24. The van der Waals surface area contributed by atoms with Crippen molar-refractivity contribution in [1.29, 1.82) is 0 Å². The third-order valence-electron chi connectivity index (χ3n) is 6.46. The number of piperidine rings is 1. The molecule has 2 aliphatic heterocycles. The van der Waals surface area contributed by atoms with Crippen LogP contribution in [0.1, 0.15) is 43.4 Å². The second-order valence-electron chi connectivity index (χ2n) is 8.85. The summed E-state index contributed by atoms with van der Waals surface area (Å²) < 4.78 is 39.0. The van der Waals surface area contributed by atoms with Crippen LogP contribution in [0.5, 0.6) is 0 Å². The number of carbonyl (C=O) groups is 1. The Balaban J connectivity index is 1.49. The van der Waals surface area contributed by atoms with Gasteiger partial charge >= 0.3 is 6.18 Å². The summed E-state index contributed by atoms with van der Waals surface area (Å²) in [6, 6.07) is 13.8. The smallest absolute Gasteiger partial charge is 0.311 e. The molecular weight excluding hydrogens is 389 g/mol. The Morgan fingerprint density at radius 1 is 1.07 bits per heavy atom. The highest BCUT2D eigenvalue weighted by Crippen LogP contribution is 2.47. The summed E-state index contributed by atoms with van der Waals surface area (Å²) in [6.07, 6.45) is -2.53. The summed E-state index contributed by atoms with van der Waals surface area (Å²) >= 11 is 0. The van der Waals surface area contributed by atoms with Crippen LogP contribution in [0.4, 0.5) is 18.9 Å². The highest BCUT2D eigenvalue weighted by Gasteiger charge is 2.46. The van der Waals surface area contributed by atoms with Crippen molar-refractivity contribution in [2.24, 2.45) is 5.92 Å². The Labute approximate surface area is 175 Å². The number of nitrogens with zero attached hydrogens (tertiary/aromatic N) is 2. The molecule has 0 unspecified atom stereocenters. The monoisotopic (exact) mass is 416 g/mol. The highest BCUT2D eigenvalue weighted by atomic mass is 19.4. The van der Waals surface area contributed by atoms with Gasteiger partial charge < -0.3 is 4.90 Å². The zero-order valence-electron chi connectivity index (χ0n) is 17.4. The fourth-order valence-electron chi connectivity index (χ4n) is 4.81. The molecule has 2 aliphatic rings. The first kappa shape index (κ1) is 20.9. The minimum atomic E-state index is -4.32. The normalized spacial score (nSPS) is 18.8. The maximum Gasteiger partial charge on any atom is 0.416 e. The Hall–Kier alpha value is -2.34. The number of amides is 1. The summed E-state index contributed by atoms with van der Waals surface area (Å²) in [4.78, 5) is 16.9. The molecule has 0 bridgehead atoms. The fraction of sp³-hybridized carbons (Fsp3) is 0.458. The SMILES string of the molecule is CC(C)C(=O)N1CC2(CCN(Cc3cccc(C(F)(F)F)c3)CC2)c2ccccc21. The molecule has 6 heteroatoms. The summed E-state index contributed by atoms with van der Waals surface area (Å²) in [5.41, 5.74) is 2.27. The molecule has 0 aromatic heterocycles. The van der Waals surface area contributed by atoms with E-state index in [-0.39, 0.29) is 17.2 Å². The number of anilines is 1. The van der Waals surface area contributed by atoms with Crippen molar-refractivity contribution < 1.29 is 18.0 Å². The lowest BCUT2D eigenvalue weighted by atomic mass is 9.74. The van der Waals surface area contributed by atoms with Crippen molar-refractivity contribution in [3.63, 3.8) is 0 Å². The molecule has 160 valence electrons. The van der Waals surface area contributed by atoms with Gasteiger partial charge in [0.2, 0.25) is 5.91 Å². The number of likely N-dealkylation sites (tertiary alicyclic amines) is 1. The lowest BCUT2D eigenvalue weighted by molar-refractivity contribution is -0.137. The van der Waals surface area contributed by atoms with Crippen LogP contribution >= 0.6 is 0 Å². The molecule has 1 spiro atoms. The van der Waals surface area contributed by atoms with Crippen molar-refractivity contribution in [2.45, 2.75) is 44.8 Å². The van der Waals surface area contributed by atoms with Crippen molar-refractivity contribution in [3.8, 4) is 0 Å². The van der Waals surface area contributed by atoms with Gasteiger partial charge in [-0.05, 0) is 49.2 Å². The summed E-state index contributed by atoms with van der Waals surface area (Å²) in [5.74, 6) is 0.0833. The fourth-order valence-corrected chi connectivity index (χ4v) is 4.81. The van der Waals surface area contributed by atoms with Crippen molar-refractivity contribution in [2.75, 3.05) is 24.5 Å². The van der Waals surface area contributed by atoms with E-state index in [1.165, 1.54) is 17.7 Å². The van der Waals surface area contributed by atoms with Gasteiger partial charge in [0, 0.05) is 30.1 Å². The number of hydrogen-bond donors (Lipinski definition) is 0. The lowest BCUT2D eigenvalue weighted by Gasteiger charge is -2.40. The van der Waals surface area contributed by atoms with Gasteiger partial charge in [0.25, 0.3) is 0 Å². The highest BCUT2D eigenvalue weighted by molar-refractivity contribution is 5.97. The van der Waals surface area contributed by atoms with E-state index in [4.69, 9.17) is 0 Å². The molecule has 1 amide bonds. The average Bonchev–Trinajstić information content (AvgIpc) is 3.03. The van der Waals surface area contributed by atoms with E-state index in [0.29, 0.717) is 18.7 Å². The van der Waals surface area contributed by atoms with Gasteiger partial charge in [-0.15, -0.1) is 0 Å². The molecule has 0 atom stereocenters. The van der Waals surface area contributed by atoms with E-state index in [2.05, 4.69) is 11.0 Å². The molecule has 0 radical (unpaired) electrons. The number of fused-ring (bicyclic) bond motifs is 2. The minimum absolute atomic E-state index is 0.0609. The third kappa shape index (κ3) is 3.85. The molecule has 0 saturated carbocycles. The summed E-state index contributed by atoms with van der Waals surface area (Å²) in [5, 5.41) is 0. The quantitative estimate of drug-likeness (QED) is 0.683. The topological polar surface area (TPSA) is 23.6 Å². The van der Waals surface area contributed by atoms with E-state index in [0.717, 1.165) is 37.7 Å². The summed E-state index contributed by atoms with van der Waals surface area (Å²) in [6.45, 7) is 6.65. The van der Waals surface area contributed by atoms with E-state index < -0.39 is 11.7 Å². The van der Waals surface area contributed by atoms with Crippen LogP contribution in [0.25, 0.3) is 0 Å². The van der Waals surface area contributed by atoms with E-state index >= 15 is 0 Å². The lowest BCUT2D eigenvalue weighted by Crippen LogP contribution is -2.46. The molecule has 1 fully saturated rings. The van der Waals surface area contributed by atoms with Gasteiger partial charge in [-0.3, -0.25) is 9.69 Å². The van der Waals surface area contributed by atoms with Crippen molar-refractivity contribution in [1.82, 2.24) is 4.90 Å². The molecule has 0 N–H and O–H groups in total. The maximum atomic E-state index is 13.0. The number of para-hydroxylation sites is 1. The standard InChI is InChI=1S/C24H27F3N2O/c1-17(2)22(30)29-16-23(20-8-3-4-9-21(20)29)10-12-28(13-11-23)15-18-6-5-7-19(14-18)24(25,26)27/h3-9,14,17H,10-13,15-16H2,1-2H3. The number of halogens is 3. The Bertz CT molecular complexity index is 930. The molecule has 2 aromatic carbocycles. The second-order valence-corrected chi connectivity index (χ2v) is 8.85. The Kier molecular flexibility index (Phi) is 5.39. The van der Waals surface area contributed by atoms with Crippen LogP contribution in [-0.4, -0.2) is 30.4 Å². The number of alkyl halides is 3. The van der Waals surface area contributed by atoms with Crippen LogP contribution in [0.3, 0.4) is 0 Å². The molecule has 2 aromatic rings. The Morgan fingerprint density at radius 3 is 2.43 bits per heavy atom. The van der Waals surface area contributed by atoms with Gasteiger partial charge in [-0.1, -0.05) is 50.2 Å².